The molecular formula is C19H18Cl2N2O2S. The second kappa shape index (κ2) is 7.84. The number of benzene rings is 1. The van der Waals surface area contributed by atoms with Gasteiger partial charge in [0.25, 0.3) is 0 Å². The van der Waals surface area contributed by atoms with E-state index in [1.165, 1.54) is 0 Å². The van der Waals surface area contributed by atoms with Crippen molar-refractivity contribution in [3.63, 3.8) is 0 Å². The standard InChI is InChI=1S/C19H18Cl2N2O2S/c1-24-17-4-3-12(7-18(17)25-2)19(22,13-5-6-26-11-13)8-14-15(20)9-23-10-16(14)21/h3-7,9-11H,8,22H2,1-2H3. The van der Waals surface area contributed by atoms with Gasteiger partial charge in [0.15, 0.2) is 11.5 Å². The molecule has 0 radical (unpaired) electrons. The molecule has 1 unspecified atom stereocenters. The minimum absolute atomic E-state index is 0.416. The molecule has 3 aromatic rings. The molecule has 0 saturated heterocycles. The van der Waals surface area contributed by atoms with E-state index in [4.69, 9.17) is 38.4 Å². The Labute approximate surface area is 166 Å². The second-order valence-corrected chi connectivity index (χ2v) is 7.41. The maximum atomic E-state index is 6.94. The fourth-order valence-corrected chi connectivity index (χ4v) is 4.13. The third-order valence-electron chi connectivity index (χ3n) is 4.34. The number of rotatable bonds is 6. The number of hydrogen-bond acceptors (Lipinski definition) is 5. The van der Waals surface area contributed by atoms with Crippen molar-refractivity contribution < 1.29 is 9.47 Å². The molecule has 2 N–H and O–H groups in total. The molecule has 26 heavy (non-hydrogen) atoms. The van der Waals surface area contributed by atoms with Crippen LogP contribution in [0.2, 0.25) is 10.0 Å². The van der Waals surface area contributed by atoms with Crippen molar-refractivity contribution in [3.8, 4) is 11.5 Å². The third-order valence-corrected chi connectivity index (χ3v) is 5.68. The number of ether oxygens (including phenoxy) is 2. The minimum Gasteiger partial charge on any atom is -0.493 e. The molecule has 1 aromatic carbocycles. The maximum absolute atomic E-state index is 6.94. The van der Waals surface area contributed by atoms with Crippen LogP contribution in [-0.4, -0.2) is 19.2 Å². The normalized spacial score (nSPS) is 13.3. The van der Waals surface area contributed by atoms with Crippen molar-refractivity contribution in [1.82, 2.24) is 4.98 Å². The molecule has 1 atom stereocenters. The Balaban J connectivity index is 2.14. The Morgan fingerprint density at radius 1 is 1.04 bits per heavy atom. The van der Waals surface area contributed by atoms with Crippen LogP contribution >= 0.6 is 34.5 Å². The summed E-state index contributed by atoms with van der Waals surface area (Å²) in [6.45, 7) is 0. The lowest BCUT2D eigenvalue weighted by atomic mass is 9.80. The van der Waals surface area contributed by atoms with Gasteiger partial charge in [-0.1, -0.05) is 29.3 Å². The van der Waals surface area contributed by atoms with E-state index in [-0.39, 0.29) is 0 Å². The number of methoxy groups -OCH3 is 2. The van der Waals surface area contributed by atoms with Gasteiger partial charge in [-0.25, -0.2) is 0 Å². The lowest BCUT2D eigenvalue weighted by molar-refractivity contribution is 0.353. The van der Waals surface area contributed by atoms with Crippen molar-refractivity contribution in [1.29, 1.82) is 0 Å². The number of pyridine rings is 1. The predicted molar refractivity (Wildman–Crippen MR) is 107 cm³/mol. The Kier molecular flexibility index (Phi) is 5.73. The Morgan fingerprint density at radius 3 is 2.31 bits per heavy atom. The van der Waals surface area contributed by atoms with E-state index >= 15 is 0 Å². The third kappa shape index (κ3) is 3.53. The summed E-state index contributed by atoms with van der Waals surface area (Å²) in [5.74, 6) is 1.26. The average molecular weight is 409 g/mol. The van der Waals surface area contributed by atoms with Crippen LogP contribution < -0.4 is 15.2 Å². The Bertz CT molecular complexity index is 882. The van der Waals surface area contributed by atoms with Crippen LogP contribution in [0.3, 0.4) is 0 Å². The highest BCUT2D eigenvalue weighted by molar-refractivity contribution is 7.08. The quantitative estimate of drug-likeness (QED) is 0.629. The lowest BCUT2D eigenvalue weighted by Gasteiger charge is -2.31. The van der Waals surface area contributed by atoms with Gasteiger partial charge in [-0.15, -0.1) is 0 Å². The van der Waals surface area contributed by atoms with Crippen LogP contribution in [-0.2, 0) is 12.0 Å². The van der Waals surface area contributed by atoms with Crippen molar-refractivity contribution in [2.24, 2.45) is 5.73 Å². The first-order valence-corrected chi connectivity index (χ1v) is 9.51. The SMILES string of the molecule is COc1ccc(C(N)(Cc2c(Cl)cncc2Cl)c2ccsc2)cc1OC. The highest BCUT2D eigenvalue weighted by Gasteiger charge is 2.33. The van der Waals surface area contributed by atoms with Crippen LogP contribution in [0.25, 0.3) is 0 Å². The van der Waals surface area contributed by atoms with E-state index in [0.29, 0.717) is 28.0 Å². The number of thiophene rings is 1. The van der Waals surface area contributed by atoms with Gasteiger partial charge in [0.2, 0.25) is 0 Å². The van der Waals surface area contributed by atoms with Gasteiger partial charge in [-0.05, 0) is 45.6 Å². The van der Waals surface area contributed by atoms with Gasteiger partial charge in [0, 0.05) is 18.8 Å². The first-order chi connectivity index (χ1) is 12.5. The van der Waals surface area contributed by atoms with Crippen molar-refractivity contribution in [2.45, 2.75) is 12.0 Å². The van der Waals surface area contributed by atoms with Gasteiger partial charge >= 0.3 is 0 Å². The van der Waals surface area contributed by atoms with E-state index in [9.17, 15) is 0 Å². The van der Waals surface area contributed by atoms with E-state index in [1.54, 1.807) is 38.0 Å². The number of nitrogens with two attached hydrogens (primary N) is 1. The summed E-state index contributed by atoms with van der Waals surface area (Å²) in [7, 11) is 3.20. The summed E-state index contributed by atoms with van der Waals surface area (Å²) < 4.78 is 10.8. The first-order valence-electron chi connectivity index (χ1n) is 7.81. The molecule has 0 fully saturated rings. The summed E-state index contributed by atoms with van der Waals surface area (Å²) in [5, 5.41) is 5.00. The fourth-order valence-electron chi connectivity index (χ4n) is 2.89. The van der Waals surface area contributed by atoms with Crippen LogP contribution in [0.5, 0.6) is 11.5 Å². The molecule has 2 aromatic heterocycles. The molecule has 3 rings (SSSR count). The van der Waals surface area contributed by atoms with Gasteiger partial charge < -0.3 is 15.2 Å². The maximum Gasteiger partial charge on any atom is 0.161 e. The highest BCUT2D eigenvalue weighted by Crippen LogP contribution is 2.39. The zero-order valence-electron chi connectivity index (χ0n) is 14.3. The van der Waals surface area contributed by atoms with Crippen LogP contribution in [0.4, 0.5) is 0 Å². The molecule has 0 amide bonds. The molecule has 0 spiro atoms. The summed E-state index contributed by atoms with van der Waals surface area (Å²) in [6, 6.07) is 7.67. The van der Waals surface area contributed by atoms with Crippen molar-refractivity contribution in [2.75, 3.05) is 14.2 Å². The number of nitrogens with zero attached hydrogens (tertiary/aromatic N) is 1. The van der Waals surface area contributed by atoms with E-state index in [2.05, 4.69) is 4.98 Å². The average Bonchev–Trinajstić information content (AvgIpc) is 3.19. The Morgan fingerprint density at radius 2 is 1.73 bits per heavy atom. The molecule has 0 saturated carbocycles. The summed E-state index contributed by atoms with van der Waals surface area (Å²) in [6.07, 6.45) is 3.57. The second-order valence-electron chi connectivity index (χ2n) is 5.81. The molecular weight excluding hydrogens is 391 g/mol. The molecule has 136 valence electrons. The molecule has 4 nitrogen and oxygen atoms in total. The molecule has 7 heteroatoms. The number of halogens is 2. The topological polar surface area (TPSA) is 57.4 Å². The van der Waals surface area contributed by atoms with Crippen LogP contribution in [0.15, 0.2) is 47.4 Å². The number of aromatic nitrogens is 1. The van der Waals surface area contributed by atoms with Gasteiger partial charge in [0.05, 0.1) is 29.8 Å². The predicted octanol–water partition coefficient (Wildman–Crippen LogP) is 4.91. The van der Waals surface area contributed by atoms with E-state index < -0.39 is 5.54 Å². The van der Waals surface area contributed by atoms with Gasteiger partial charge in [0.1, 0.15) is 0 Å². The summed E-state index contributed by atoms with van der Waals surface area (Å²) in [4.78, 5) is 4.02. The van der Waals surface area contributed by atoms with E-state index in [0.717, 1.165) is 16.7 Å². The zero-order valence-corrected chi connectivity index (χ0v) is 16.7. The first kappa shape index (κ1) is 19.0. The highest BCUT2D eigenvalue weighted by atomic mass is 35.5. The van der Waals surface area contributed by atoms with Crippen LogP contribution in [0, 0.1) is 0 Å². The monoisotopic (exact) mass is 408 g/mol. The van der Waals surface area contributed by atoms with Crippen molar-refractivity contribution >= 4 is 34.5 Å². The van der Waals surface area contributed by atoms with Gasteiger partial charge in [-0.2, -0.15) is 11.3 Å². The molecule has 2 heterocycles. The molecule has 0 bridgehead atoms. The zero-order chi connectivity index (χ0) is 18.7. The fraction of sp³-hybridized carbons (Fsp3) is 0.211. The summed E-state index contributed by atoms with van der Waals surface area (Å²) >= 11 is 14.3. The molecule has 0 aliphatic rings. The van der Waals surface area contributed by atoms with Crippen LogP contribution in [0.1, 0.15) is 16.7 Å². The Hall–Kier alpha value is -1.79. The molecule has 0 aliphatic carbocycles. The van der Waals surface area contributed by atoms with Crippen molar-refractivity contribution in [3.05, 3.63) is 74.2 Å². The number of hydrogen-bond donors (Lipinski definition) is 1. The minimum atomic E-state index is -0.839. The van der Waals surface area contributed by atoms with Gasteiger partial charge in [-0.3, -0.25) is 4.98 Å². The summed E-state index contributed by atoms with van der Waals surface area (Å²) in [5.41, 5.74) is 8.70. The van der Waals surface area contributed by atoms with E-state index in [1.807, 2.05) is 35.0 Å². The largest absolute Gasteiger partial charge is 0.493 e. The molecule has 0 aliphatic heterocycles. The lowest BCUT2D eigenvalue weighted by Crippen LogP contribution is -2.40. The smallest absolute Gasteiger partial charge is 0.161 e.